The van der Waals surface area contributed by atoms with Gasteiger partial charge in [-0.1, -0.05) is 110 Å². The molecule has 0 saturated heterocycles. The summed E-state index contributed by atoms with van der Waals surface area (Å²) < 4.78 is 6.91. The summed E-state index contributed by atoms with van der Waals surface area (Å²) in [5.74, 6) is 2.69. The first-order valence-electron chi connectivity index (χ1n) is 13.4. The third kappa shape index (κ3) is 5.83. The molecule has 0 bridgehead atoms. The van der Waals surface area contributed by atoms with E-state index in [1.54, 1.807) is 0 Å². The van der Waals surface area contributed by atoms with Crippen molar-refractivity contribution in [2.24, 2.45) is 0 Å². The molecular weight excluding hydrogens is 424 g/mol. The van der Waals surface area contributed by atoms with Crippen molar-refractivity contribution in [3.05, 3.63) is 76.9 Å². The number of benzene rings is 3. The Kier molecular flexibility index (Phi) is 8.20. The molecule has 0 aliphatic rings. The van der Waals surface area contributed by atoms with Gasteiger partial charge in [-0.3, -0.25) is 0 Å². The molecule has 0 heterocycles. The van der Waals surface area contributed by atoms with Gasteiger partial charge in [0.05, 0.1) is 0 Å². The molecule has 0 saturated carbocycles. The van der Waals surface area contributed by atoms with E-state index in [0.717, 1.165) is 5.75 Å². The number of rotatable bonds is 7. The van der Waals surface area contributed by atoms with Gasteiger partial charge in [0, 0.05) is 11.1 Å². The minimum Gasteiger partial charge on any atom is -0.487 e. The van der Waals surface area contributed by atoms with E-state index in [-0.39, 0.29) is 5.60 Å². The predicted molar refractivity (Wildman–Crippen MR) is 154 cm³/mol. The molecule has 0 unspecified atom stereocenters. The molecular formula is C34H46O. The lowest BCUT2D eigenvalue weighted by atomic mass is 9.81. The molecule has 0 radical (unpaired) electrons. The molecule has 3 aromatic carbocycles. The maximum absolute atomic E-state index is 6.91. The van der Waals surface area contributed by atoms with Gasteiger partial charge in [0.2, 0.25) is 0 Å². The SMILES string of the molecule is CC(C)c1cccc(C(C)C)c1-c1cccc(-c2c(C(C)C)cccc2C(C)C)c1OC(C)(C)C. The van der Waals surface area contributed by atoms with Crippen LogP contribution in [0.25, 0.3) is 22.3 Å². The van der Waals surface area contributed by atoms with Crippen molar-refractivity contribution in [3.8, 4) is 28.0 Å². The van der Waals surface area contributed by atoms with Gasteiger partial charge in [-0.25, -0.2) is 0 Å². The lowest BCUT2D eigenvalue weighted by molar-refractivity contribution is 0.132. The van der Waals surface area contributed by atoms with Gasteiger partial charge in [-0.05, 0) is 77.8 Å². The molecule has 0 aromatic heterocycles. The second kappa shape index (κ2) is 10.6. The van der Waals surface area contributed by atoms with Crippen LogP contribution in [0.3, 0.4) is 0 Å². The molecule has 0 fully saturated rings. The third-order valence-corrected chi connectivity index (χ3v) is 6.71. The monoisotopic (exact) mass is 470 g/mol. The first-order valence-corrected chi connectivity index (χ1v) is 13.4. The van der Waals surface area contributed by atoms with Crippen molar-refractivity contribution in [2.45, 2.75) is 105 Å². The molecule has 3 aromatic rings. The molecule has 0 N–H and O–H groups in total. The van der Waals surface area contributed by atoms with Gasteiger partial charge >= 0.3 is 0 Å². The van der Waals surface area contributed by atoms with Gasteiger partial charge in [0.25, 0.3) is 0 Å². The maximum atomic E-state index is 6.91. The summed E-state index contributed by atoms with van der Waals surface area (Å²) in [7, 11) is 0. The van der Waals surface area contributed by atoms with Gasteiger partial charge in [0.1, 0.15) is 11.4 Å². The molecule has 0 atom stereocenters. The van der Waals surface area contributed by atoms with E-state index in [9.17, 15) is 0 Å². The molecule has 1 nitrogen and oxygen atoms in total. The highest BCUT2D eigenvalue weighted by Gasteiger charge is 2.26. The molecule has 0 spiro atoms. The number of ether oxygens (including phenoxy) is 1. The summed E-state index contributed by atoms with van der Waals surface area (Å²) >= 11 is 0. The summed E-state index contributed by atoms with van der Waals surface area (Å²) in [4.78, 5) is 0. The van der Waals surface area contributed by atoms with Crippen LogP contribution in [0.15, 0.2) is 54.6 Å². The first-order chi connectivity index (χ1) is 16.3. The Labute approximate surface area is 214 Å². The first kappa shape index (κ1) is 27.1. The standard InChI is InChI=1S/C34H46O/c1-21(2)25-15-12-16-26(22(3)4)31(25)29-19-14-20-30(33(29)35-34(9,10)11)32-27(23(5)6)17-13-18-28(32)24(7)8/h12-24H,1-11H3. The van der Waals surface area contributed by atoms with Crippen molar-refractivity contribution >= 4 is 0 Å². The summed E-state index contributed by atoms with van der Waals surface area (Å²) in [6.07, 6.45) is 0. The average molecular weight is 471 g/mol. The lowest BCUT2D eigenvalue weighted by Gasteiger charge is -2.30. The average Bonchev–Trinajstić information content (AvgIpc) is 2.77. The zero-order chi connectivity index (χ0) is 26.1. The Bertz CT molecular complexity index is 1020. The van der Waals surface area contributed by atoms with E-state index in [4.69, 9.17) is 4.74 Å². The smallest absolute Gasteiger partial charge is 0.135 e. The highest BCUT2D eigenvalue weighted by molar-refractivity contribution is 5.88. The van der Waals surface area contributed by atoms with Crippen molar-refractivity contribution in [3.63, 3.8) is 0 Å². The second-order valence-corrected chi connectivity index (χ2v) is 12.1. The number of hydrogen-bond acceptors (Lipinski definition) is 1. The van der Waals surface area contributed by atoms with E-state index >= 15 is 0 Å². The van der Waals surface area contributed by atoms with Gasteiger partial charge in [-0.15, -0.1) is 0 Å². The Morgan fingerprint density at radius 1 is 0.486 bits per heavy atom. The van der Waals surface area contributed by atoms with E-state index in [2.05, 4.69) is 131 Å². The van der Waals surface area contributed by atoms with E-state index in [1.807, 2.05) is 0 Å². The maximum Gasteiger partial charge on any atom is 0.135 e. The summed E-state index contributed by atoms with van der Waals surface area (Å²) in [5, 5.41) is 0. The van der Waals surface area contributed by atoms with Gasteiger partial charge < -0.3 is 4.74 Å². The van der Waals surface area contributed by atoms with Crippen molar-refractivity contribution in [2.75, 3.05) is 0 Å². The van der Waals surface area contributed by atoms with E-state index in [1.165, 1.54) is 44.5 Å². The molecule has 3 rings (SSSR count). The second-order valence-electron chi connectivity index (χ2n) is 12.1. The van der Waals surface area contributed by atoms with E-state index in [0.29, 0.717) is 23.7 Å². The Morgan fingerprint density at radius 2 is 0.771 bits per heavy atom. The lowest BCUT2D eigenvalue weighted by Crippen LogP contribution is -2.24. The fraction of sp³-hybridized carbons (Fsp3) is 0.471. The Balaban J connectivity index is 2.51. The summed E-state index contributed by atoms with van der Waals surface area (Å²) in [6, 6.07) is 20.4. The zero-order valence-electron chi connectivity index (χ0n) is 23.9. The molecule has 0 aliphatic heterocycles. The molecule has 0 amide bonds. The minimum atomic E-state index is -0.319. The number of hydrogen-bond donors (Lipinski definition) is 0. The van der Waals surface area contributed by atoms with Crippen LogP contribution in [-0.4, -0.2) is 5.60 Å². The van der Waals surface area contributed by atoms with E-state index < -0.39 is 0 Å². The minimum absolute atomic E-state index is 0.319. The van der Waals surface area contributed by atoms with Crippen LogP contribution in [0, 0.1) is 0 Å². The fourth-order valence-corrected chi connectivity index (χ4v) is 5.07. The molecule has 0 aliphatic carbocycles. The molecule has 35 heavy (non-hydrogen) atoms. The highest BCUT2D eigenvalue weighted by atomic mass is 16.5. The highest BCUT2D eigenvalue weighted by Crippen LogP contribution is 2.48. The van der Waals surface area contributed by atoms with Crippen molar-refractivity contribution < 1.29 is 4.74 Å². The Hall–Kier alpha value is -2.54. The van der Waals surface area contributed by atoms with Crippen LogP contribution in [0.4, 0.5) is 0 Å². The predicted octanol–water partition coefficient (Wildman–Crippen LogP) is 10.7. The third-order valence-electron chi connectivity index (χ3n) is 6.71. The van der Waals surface area contributed by atoms with Crippen LogP contribution in [0.1, 0.15) is 122 Å². The molecule has 1 heteroatoms. The normalized spacial score (nSPS) is 12.3. The fourth-order valence-electron chi connectivity index (χ4n) is 5.07. The Morgan fingerprint density at radius 3 is 1.03 bits per heavy atom. The van der Waals surface area contributed by atoms with Crippen LogP contribution in [-0.2, 0) is 0 Å². The zero-order valence-corrected chi connectivity index (χ0v) is 23.9. The quantitative estimate of drug-likeness (QED) is 0.333. The molecule has 188 valence electrons. The number of para-hydroxylation sites is 1. The van der Waals surface area contributed by atoms with Gasteiger partial charge in [-0.2, -0.15) is 0 Å². The largest absolute Gasteiger partial charge is 0.487 e. The van der Waals surface area contributed by atoms with Crippen molar-refractivity contribution in [1.82, 2.24) is 0 Å². The van der Waals surface area contributed by atoms with Crippen LogP contribution in [0.5, 0.6) is 5.75 Å². The van der Waals surface area contributed by atoms with Crippen molar-refractivity contribution in [1.29, 1.82) is 0 Å². The topological polar surface area (TPSA) is 9.23 Å². The van der Waals surface area contributed by atoms with Crippen LogP contribution >= 0.6 is 0 Å². The summed E-state index contributed by atoms with van der Waals surface area (Å²) in [6.45, 7) is 24.8. The van der Waals surface area contributed by atoms with Crippen LogP contribution < -0.4 is 4.74 Å². The van der Waals surface area contributed by atoms with Crippen LogP contribution in [0.2, 0.25) is 0 Å². The summed E-state index contributed by atoms with van der Waals surface area (Å²) in [5.41, 5.74) is 10.3. The van der Waals surface area contributed by atoms with Gasteiger partial charge in [0.15, 0.2) is 0 Å².